The van der Waals surface area contributed by atoms with E-state index >= 15 is 0 Å². The van der Waals surface area contributed by atoms with E-state index in [0.717, 1.165) is 19.4 Å². The summed E-state index contributed by atoms with van der Waals surface area (Å²) in [6, 6.07) is 8.31. The number of hydrogen-bond acceptors (Lipinski definition) is 2. The van der Waals surface area contributed by atoms with E-state index in [9.17, 15) is 4.79 Å². The Hall–Kier alpha value is -1.81. The topological polar surface area (TPSA) is 62.1 Å². The quantitative estimate of drug-likeness (QED) is 0.897. The van der Waals surface area contributed by atoms with Gasteiger partial charge in [0, 0.05) is 47.6 Å². The molecule has 0 saturated carbocycles. The second-order valence-electron chi connectivity index (χ2n) is 5.62. The molecule has 0 fully saturated rings. The molecule has 2 aromatic rings. The zero-order chi connectivity index (χ0) is 14.1. The Balaban J connectivity index is 1.86. The van der Waals surface area contributed by atoms with E-state index in [1.54, 1.807) is 0 Å². The highest BCUT2D eigenvalue weighted by Gasteiger charge is 2.26. The van der Waals surface area contributed by atoms with E-state index in [0.29, 0.717) is 13.1 Å². The summed E-state index contributed by atoms with van der Waals surface area (Å²) in [7, 11) is 0. The average Bonchev–Trinajstić information content (AvgIpc) is 2.84. The Morgan fingerprint density at radius 3 is 3.05 bits per heavy atom. The van der Waals surface area contributed by atoms with Crippen LogP contribution in [0, 0.1) is 5.92 Å². The molecule has 1 aliphatic heterocycles. The molecule has 1 aliphatic rings. The van der Waals surface area contributed by atoms with Crippen molar-refractivity contribution in [3.63, 3.8) is 0 Å². The molecule has 106 valence electrons. The molecule has 4 heteroatoms. The third kappa shape index (κ3) is 2.20. The fraction of sp³-hybridized carbons (Fsp3) is 0.438. The van der Waals surface area contributed by atoms with Crippen molar-refractivity contribution < 1.29 is 4.79 Å². The Kier molecular flexibility index (Phi) is 3.49. The van der Waals surface area contributed by atoms with Crippen molar-refractivity contribution in [2.24, 2.45) is 11.7 Å². The maximum Gasteiger partial charge on any atom is 0.225 e. The second kappa shape index (κ2) is 5.29. The average molecular weight is 271 g/mol. The highest BCUT2D eigenvalue weighted by molar-refractivity contribution is 5.86. The van der Waals surface area contributed by atoms with Gasteiger partial charge in [-0.15, -0.1) is 0 Å². The summed E-state index contributed by atoms with van der Waals surface area (Å²) in [6.07, 6.45) is 1.67. The molecule has 0 saturated heterocycles. The molecule has 2 heterocycles. The molecule has 1 unspecified atom stereocenters. The number of aromatic nitrogens is 1. The first-order valence-corrected chi connectivity index (χ1v) is 7.28. The van der Waals surface area contributed by atoms with Gasteiger partial charge in [0.2, 0.25) is 5.91 Å². The van der Waals surface area contributed by atoms with Crippen molar-refractivity contribution in [2.45, 2.75) is 26.3 Å². The van der Waals surface area contributed by atoms with Gasteiger partial charge in [0.05, 0.1) is 0 Å². The van der Waals surface area contributed by atoms with Gasteiger partial charge in [-0.2, -0.15) is 0 Å². The van der Waals surface area contributed by atoms with Gasteiger partial charge in [-0.1, -0.05) is 25.1 Å². The van der Waals surface area contributed by atoms with Crippen LogP contribution >= 0.6 is 0 Å². The van der Waals surface area contributed by atoms with Crippen LogP contribution in [0.15, 0.2) is 24.3 Å². The van der Waals surface area contributed by atoms with Crippen molar-refractivity contribution in [2.75, 3.05) is 13.1 Å². The number of carbonyl (C=O) groups is 1. The number of nitrogens with two attached hydrogens (primary N) is 1. The van der Waals surface area contributed by atoms with Crippen LogP contribution in [-0.2, 0) is 17.8 Å². The normalized spacial score (nSPS) is 16.2. The molecule has 3 rings (SSSR count). The second-order valence-corrected chi connectivity index (χ2v) is 5.62. The van der Waals surface area contributed by atoms with Gasteiger partial charge < -0.3 is 15.6 Å². The van der Waals surface area contributed by atoms with Crippen LogP contribution < -0.4 is 5.73 Å². The van der Waals surface area contributed by atoms with Gasteiger partial charge in [0.15, 0.2) is 0 Å². The molecular weight excluding hydrogens is 250 g/mol. The fourth-order valence-electron chi connectivity index (χ4n) is 3.04. The predicted octanol–water partition coefficient (Wildman–Crippen LogP) is 2.04. The smallest absolute Gasteiger partial charge is 0.225 e. The lowest BCUT2D eigenvalue weighted by Gasteiger charge is -2.29. The number of fused-ring (bicyclic) bond motifs is 3. The Bertz CT molecular complexity index is 632. The summed E-state index contributed by atoms with van der Waals surface area (Å²) in [5.41, 5.74) is 9.28. The highest BCUT2D eigenvalue weighted by atomic mass is 16.2. The highest BCUT2D eigenvalue weighted by Crippen LogP contribution is 2.28. The molecule has 0 aliphatic carbocycles. The number of aromatic amines is 1. The standard InChI is InChI=1S/C16H21N3O/c1-11(6-8-17)16(20)19-9-7-15-13(10-19)12-4-2-3-5-14(12)18-15/h2-5,11,18H,6-10,17H2,1H3. The summed E-state index contributed by atoms with van der Waals surface area (Å²) in [6.45, 7) is 4.06. The first-order chi connectivity index (χ1) is 9.70. The van der Waals surface area contributed by atoms with Crippen LogP contribution in [0.25, 0.3) is 10.9 Å². The molecule has 1 aromatic heterocycles. The van der Waals surface area contributed by atoms with Gasteiger partial charge in [0.25, 0.3) is 0 Å². The molecule has 4 nitrogen and oxygen atoms in total. The maximum atomic E-state index is 12.4. The van der Waals surface area contributed by atoms with Crippen LogP contribution in [0.2, 0.25) is 0 Å². The number of nitrogens with one attached hydrogen (secondary N) is 1. The molecule has 3 N–H and O–H groups in total. The SMILES string of the molecule is CC(CCN)C(=O)N1CCc2[nH]c3ccccc3c2C1. The molecule has 1 aromatic carbocycles. The van der Waals surface area contributed by atoms with Gasteiger partial charge in [-0.05, 0) is 19.0 Å². The molecule has 0 bridgehead atoms. The zero-order valence-electron chi connectivity index (χ0n) is 11.9. The van der Waals surface area contributed by atoms with Crippen molar-refractivity contribution >= 4 is 16.8 Å². The minimum atomic E-state index is 0.0201. The molecular formula is C16H21N3O. The van der Waals surface area contributed by atoms with E-state index in [1.807, 2.05) is 24.0 Å². The summed E-state index contributed by atoms with van der Waals surface area (Å²) in [5.74, 6) is 0.248. The first kappa shape index (κ1) is 13.2. The van der Waals surface area contributed by atoms with Crippen LogP contribution in [0.3, 0.4) is 0 Å². The lowest BCUT2D eigenvalue weighted by molar-refractivity contribution is -0.136. The Labute approximate surface area is 118 Å². The maximum absolute atomic E-state index is 12.4. The minimum absolute atomic E-state index is 0.0201. The van der Waals surface area contributed by atoms with E-state index in [4.69, 9.17) is 5.73 Å². The lowest BCUT2D eigenvalue weighted by Crippen LogP contribution is -2.39. The van der Waals surface area contributed by atoms with Gasteiger partial charge in [-0.3, -0.25) is 4.79 Å². The van der Waals surface area contributed by atoms with Gasteiger partial charge >= 0.3 is 0 Å². The summed E-state index contributed by atoms with van der Waals surface area (Å²) in [4.78, 5) is 17.9. The van der Waals surface area contributed by atoms with E-state index < -0.39 is 0 Å². The number of H-pyrrole nitrogens is 1. The summed E-state index contributed by atoms with van der Waals surface area (Å²) >= 11 is 0. The number of rotatable bonds is 3. The fourth-order valence-corrected chi connectivity index (χ4v) is 3.04. The van der Waals surface area contributed by atoms with Crippen LogP contribution in [0.4, 0.5) is 0 Å². The molecule has 20 heavy (non-hydrogen) atoms. The Morgan fingerprint density at radius 2 is 2.25 bits per heavy atom. The van der Waals surface area contributed by atoms with E-state index in [-0.39, 0.29) is 11.8 Å². The number of hydrogen-bond donors (Lipinski definition) is 2. The van der Waals surface area contributed by atoms with Crippen molar-refractivity contribution in [3.8, 4) is 0 Å². The van der Waals surface area contributed by atoms with Crippen LogP contribution in [0.1, 0.15) is 24.6 Å². The Morgan fingerprint density at radius 1 is 1.45 bits per heavy atom. The van der Waals surface area contributed by atoms with Crippen molar-refractivity contribution in [1.29, 1.82) is 0 Å². The van der Waals surface area contributed by atoms with Gasteiger partial charge in [0.1, 0.15) is 0 Å². The predicted molar refractivity (Wildman–Crippen MR) is 80.3 cm³/mol. The largest absolute Gasteiger partial charge is 0.358 e. The summed E-state index contributed by atoms with van der Waals surface area (Å²) in [5, 5.41) is 1.24. The molecule has 1 amide bonds. The minimum Gasteiger partial charge on any atom is -0.358 e. The molecule has 1 atom stereocenters. The van der Waals surface area contributed by atoms with Crippen molar-refractivity contribution in [3.05, 3.63) is 35.5 Å². The third-order valence-corrected chi connectivity index (χ3v) is 4.22. The molecule has 0 spiro atoms. The number of nitrogens with zero attached hydrogens (tertiary/aromatic N) is 1. The van der Waals surface area contributed by atoms with Crippen molar-refractivity contribution in [1.82, 2.24) is 9.88 Å². The number of carbonyl (C=O) groups excluding carboxylic acids is 1. The van der Waals surface area contributed by atoms with E-state index in [1.165, 1.54) is 22.2 Å². The number of amides is 1. The number of para-hydroxylation sites is 1. The first-order valence-electron chi connectivity index (χ1n) is 7.28. The summed E-state index contributed by atoms with van der Waals surface area (Å²) < 4.78 is 0. The van der Waals surface area contributed by atoms with Crippen LogP contribution in [-0.4, -0.2) is 28.9 Å². The molecule has 0 radical (unpaired) electrons. The van der Waals surface area contributed by atoms with Crippen LogP contribution in [0.5, 0.6) is 0 Å². The van der Waals surface area contributed by atoms with Gasteiger partial charge in [-0.25, -0.2) is 0 Å². The van der Waals surface area contributed by atoms with E-state index in [2.05, 4.69) is 17.1 Å². The monoisotopic (exact) mass is 271 g/mol. The zero-order valence-corrected chi connectivity index (χ0v) is 11.9. The third-order valence-electron chi connectivity index (χ3n) is 4.22. The number of benzene rings is 1. The lowest BCUT2D eigenvalue weighted by atomic mass is 10.0.